The van der Waals surface area contributed by atoms with E-state index in [0.717, 1.165) is 26.4 Å². The minimum atomic E-state index is -0.704. The lowest BCUT2D eigenvalue weighted by molar-refractivity contribution is -0.121. The zero-order chi connectivity index (χ0) is 21.4. The first kappa shape index (κ1) is 19.7. The highest BCUT2D eigenvalue weighted by Gasteiger charge is 2.44. The number of nitriles is 1. The molecule has 0 aliphatic heterocycles. The lowest BCUT2D eigenvalue weighted by atomic mass is 10.1. The number of fused-ring (bicyclic) bond motifs is 1. The second kappa shape index (κ2) is 7.76. The summed E-state index contributed by atoms with van der Waals surface area (Å²) in [6.45, 7) is 0. The number of hydrogen-bond acceptors (Lipinski definition) is 7. The molecule has 7 nitrogen and oxygen atoms in total. The topological polar surface area (TPSA) is 105 Å². The Hall–Kier alpha value is -3.28. The van der Waals surface area contributed by atoms with E-state index in [9.17, 15) is 4.79 Å². The Morgan fingerprint density at radius 3 is 2.77 bits per heavy atom. The van der Waals surface area contributed by atoms with E-state index in [1.165, 1.54) is 0 Å². The molecule has 0 spiro atoms. The molecule has 31 heavy (non-hydrogen) atoms. The molecular formula is C22H16ClN5O2S. The molecule has 2 aromatic heterocycles. The van der Waals surface area contributed by atoms with Crippen LogP contribution in [0, 0.1) is 11.3 Å². The fourth-order valence-electron chi connectivity index (χ4n) is 3.29. The van der Waals surface area contributed by atoms with Crippen LogP contribution < -0.4 is 5.32 Å². The molecule has 0 saturated heterocycles. The minimum absolute atomic E-state index is 0.0424. The molecule has 1 fully saturated rings. The summed E-state index contributed by atoms with van der Waals surface area (Å²) in [6.07, 6.45) is 1.71. The van der Waals surface area contributed by atoms with E-state index in [4.69, 9.17) is 21.3 Å². The molecule has 1 amide bonds. The summed E-state index contributed by atoms with van der Waals surface area (Å²) < 4.78 is 6.67. The Morgan fingerprint density at radius 1 is 1.19 bits per heavy atom. The summed E-state index contributed by atoms with van der Waals surface area (Å²) in [5.41, 5.74) is 2.32. The van der Waals surface area contributed by atoms with Crippen LogP contribution in [0.5, 0.6) is 0 Å². The standard InChI is InChI=1S/C22H16ClN5O2S/c23-15-3-1-2-13(8-15)14-4-5-16-17(9-14)31-21(25-16)11-20-28-27-19(30-20)10-18(29)26-22(12-24)6-7-22/h1-5,8-9H,6-7,10-11H2,(H,26,29). The predicted molar refractivity (Wildman–Crippen MR) is 117 cm³/mol. The van der Waals surface area contributed by atoms with E-state index in [2.05, 4.69) is 32.6 Å². The van der Waals surface area contributed by atoms with Crippen LogP contribution in [-0.2, 0) is 17.6 Å². The lowest BCUT2D eigenvalue weighted by Crippen LogP contribution is -2.36. The maximum Gasteiger partial charge on any atom is 0.230 e. The molecule has 0 radical (unpaired) electrons. The van der Waals surface area contributed by atoms with Crippen molar-refractivity contribution in [2.75, 3.05) is 0 Å². The molecule has 1 saturated carbocycles. The van der Waals surface area contributed by atoms with Gasteiger partial charge in [-0.05, 0) is 48.2 Å². The third-order valence-electron chi connectivity index (χ3n) is 5.06. The second-order valence-corrected chi connectivity index (χ2v) is 9.04. The van der Waals surface area contributed by atoms with Gasteiger partial charge in [0.1, 0.15) is 17.0 Å². The largest absolute Gasteiger partial charge is 0.424 e. The first-order valence-corrected chi connectivity index (χ1v) is 10.9. The highest BCUT2D eigenvalue weighted by Crippen LogP contribution is 2.34. The molecule has 1 aliphatic carbocycles. The van der Waals surface area contributed by atoms with E-state index in [-0.39, 0.29) is 18.2 Å². The fourth-order valence-corrected chi connectivity index (χ4v) is 4.48. The first-order valence-electron chi connectivity index (χ1n) is 9.71. The van der Waals surface area contributed by atoms with Gasteiger partial charge in [-0.3, -0.25) is 4.79 Å². The Bertz CT molecular complexity index is 1340. The van der Waals surface area contributed by atoms with Gasteiger partial charge >= 0.3 is 0 Å². The lowest BCUT2D eigenvalue weighted by Gasteiger charge is -2.06. The van der Waals surface area contributed by atoms with Gasteiger partial charge in [-0.2, -0.15) is 5.26 Å². The van der Waals surface area contributed by atoms with E-state index < -0.39 is 5.54 Å². The van der Waals surface area contributed by atoms with Crippen LogP contribution in [0.25, 0.3) is 21.3 Å². The molecule has 5 rings (SSSR count). The van der Waals surface area contributed by atoms with Gasteiger partial charge in [-0.15, -0.1) is 21.5 Å². The van der Waals surface area contributed by atoms with Crippen LogP contribution >= 0.6 is 22.9 Å². The summed E-state index contributed by atoms with van der Waals surface area (Å²) in [5, 5.41) is 21.3. The normalized spacial score (nSPS) is 14.3. The van der Waals surface area contributed by atoms with Crippen molar-refractivity contribution in [2.45, 2.75) is 31.2 Å². The number of halogens is 1. The Kier molecular flexibility index (Phi) is 4.93. The van der Waals surface area contributed by atoms with Gasteiger partial charge in [0.05, 0.1) is 22.7 Å². The molecule has 0 unspecified atom stereocenters. The van der Waals surface area contributed by atoms with Crippen LogP contribution in [0.3, 0.4) is 0 Å². The van der Waals surface area contributed by atoms with Gasteiger partial charge in [0.25, 0.3) is 0 Å². The third-order valence-corrected chi connectivity index (χ3v) is 6.31. The SMILES string of the molecule is N#CC1(NC(=O)Cc2nnc(Cc3nc4ccc(-c5cccc(Cl)c5)cc4s3)o2)CC1. The highest BCUT2D eigenvalue weighted by atomic mass is 35.5. The van der Waals surface area contributed by atoms with Crippen molar-refractivity contribution in [3.8, 4) is 17.2 Å². The number of rotatable bonds is 6. The van der Waals surface area contributed by atoms with Crippen molar-refractivity contribution in [3.63, 3.8) is 0 Å². The minimum Gasteiger partial charge on any atom is -0.424 e. The van der Waals surface area contributed by atoms with Gasteiger partial charge in [0, 0.05) is 5.02 Å². The van der Waals surface area contributed by atoms with Gasteiger partial charge in [0.15, 0.2) is 0 Å². The van der Waals surface area contributed by atoms with Crippen LogP contribution in [0.2, 0.25) is 5.02 Å². The maximum atomic E-state index is 12.1. The molecule has 1 N–H and O–H groups in total. The Morgan fingerprint density at radius 2 is 2.00 bits per heavy atom. The van der Waals surface area contributed by atoms with Crippen LogP contribution in [-0.4, -0.2) is 26.6 Å². The van der Waals surface area contributed by atoms with Crippen molar-refractivity contribution in [2.24, 2.45) is 0 Å². The third kappa shape index (κ3) is 4.29. The zero-order valence-corrected chi connectivity index (χ0v) is 17.8. The van der Waals surface area contributed by atoms with E-state index in [0.29, 0.717) is 30.2 Å². The van der Waals surface area contributed by atoms with Gasteiger partial charge in [0.2, 0.25) is 17.7 Å². The summed E-state index contributed by atoms with van der Waals surface area (Å²) in [5.74, 6) is 0.340. The molecular weight excluding hydrogens is 434 g/mol. The number of carbonyl (C=O) groups excluding carboxylic acids is 1. The second-order valence-electron chi connectivity index (χ2n) is 7.49. The monoisotopic (exact) mass is 449 g/mol. The number of carbonyl (C=O) groups is 1. The average molecular weight is 450 g/mol. The van der Waals surface area contributed by atoms with Gasteiger partial charge in [-0.25, -0.2) is 4.98 Å². The smallest absolute Gasteiger partial charge is 0.230 e. The van der Waals surface area contributed by atoms with Crippen LogP contribution in [0.15, 0.2) is 46.9 Å². The number of amides is 1. The van der Waals surface area contributed by atoms with E-state index in [1.807, 2.05) is 36.4 Å². The van der Waals surface area contributed by atoms with Crippen molar-refractivity contribution in [1.29, 1.82) is 5.26 Å². The summed E-state index contributed by atoms with van der Waals surface area (Å²) >= 11 is 7.67. The van der Waals surface area contributed by atoms with Crippen molar-refractivity contribution in [3.05, 3.63) is 64.3 Å². The highest BCUT2D eigenvalue weighted by molar-refractivity contribution is 7.18. The van der Waals surface area contributed by atoms with Crippen LogP contribution in [0.1, 0.15) is 29.6 Å². The molecule has 154 valence electrons. The van der Waals surface area contributed by atoms with E-state index in [1.54, 1.807) is 11.3 Å². The average Bonchev–Trinajstić information content (AvgIpc) is 3.19. The molecule has 9 heteroatoms. The van der Waals surface area contributed by atoms with Crippen molar-refractivity contribution in [1.82, 2.24) is 20.5 Å². The molecule has 2 heterocycles. The van der Waals surface area contributed by atoms with Crippen LogP contribution in [0.4, 0.5) is 0 Å². The van der Waals surface area contributed by atoms with E-state index >= 15 is 0 Å². The van der Waals surface area contributed by atoms with Crippen molar-refractivity contribution < 1.29 is 9.21 Å². The molecule has 2 aromatic carbocycles. The number of hydrogen-bond donors (Lipinski definition) is 1. The Balaban J connectivity index is 1.28. The molecule has 0 bridgehead atoms. The summed E-state index contributed by atoms with van der Waals surface area (Å²) in [7, 11) is 0. The predicted octanol–water partition coefficient (Wildman–Crippen LogP) is 4.31. The Labute approximate surface area is 186 Å². The summed E-state index contributed by atoms with van der Waals surface area (Å²) in [4.78, 5) is 16.7. The number of aromatic nitrogens is 3. The maximum absolute atomic E-state index is 12.1. The number of nitrogens with zero attached hydrogens (tertiary/aromatic N) is 4. The molecule has 4 aromatic rings. The molecule has 1 aliphatic rings. The van der Waals surface area contributed by atoms with Gasteiger partial charge < -0.3 is 9.73 Å². The summed E-state index contributed by atoms with van der Waals surface area (Å²) in [6, 6.07) is 16.0. The fraction of sp³-hybridized carbons (Fsp3) is 0.227. The van der Waals surface area contributed by atoms with Gasteiger partial charge in [-0.1, -0.05) is 29.8 Å². The number of benzene rings is 2. The molecule has 0 atom stereocenters. The first-order chi connectivity index (χ1) is 15.0. The number of nitrogens with one attached hydrogen (secondary N) is 1. The quantitative estimate of drug-likeness (QED) is 0.470. The zero-order valence-electron chi connectivity index (χ0n) is 16.3. The van der Waals surface area contributed by atoms with Crippen molar-refractivity contribution >= 4 is 39.1 Å². The number of thiazole rings is 1.